The highest BCUT2D eigenvalue weighted by Gasteiger charge is 2.39. The maximum Gasteiger partial charge on any atom is 0.315 e. The molecular weight excluding hydrogens is 278 g/mol. The Balaban J connectivity index is 1.46. The van der Waals surface area contributed by atoms with Crippen LogP contribution in [0.5, 0.6) is 0 Å². The summed E-state index contributed by atoms with van der Waals surface area (Å²) in [7, 11) is 0. The van der Waals surface area contributed by atoms with Crippen LogP contribution in [0, 0.1) is 0 Å². The Kier molecular flexibility index (Phi) is 4.64. The van der Waals surface area contributed by atoms with Gasteiger partial charge in [0.05, 0.1) is 6.61 Å². The van der Waals surface area contributed by atoms with Gasteiger partial charge in [0, 0.05) is 31.2 Å². The number of urea groups is 1. The highest BCUT2D eigenvalue weighted by Crippen LogP contribution is 2.33. The monoisotopic (exact) mass is 303 g/mol. The van der Waals surface area contributed by atoms with Gasteiger partial charge in [0.2, 0.25) is 0 Å². The molecule has 2 aliphatic rings. The molecule has 2 atom stereocenters. The van der Waals surface area contributed by atoms with Crippen LogP contribution < -0.4 is 10.6 Å². The van der Waals surface area contributed by atoms with Gasteiger partial charge in [0.25, 0.3) is 0 Å². The van der Waals surface area contributed by atoms with Crippen LogP contribution in [0.15, 0.2) is 24.3 Å². The summed E-state index contributed by atoms with van der Waals surface area (Å²) in [6.07, 6.45) is 3.64. The second-order valence-corrected chi connectivity index (χ2v) is 6.46. The Morgan fingerprint density at radius 3 is 2.73 bits per heavy atom. The fraction of sp³-hybridized carbons (Fsp3) is 0.588. The first kappa shape index (κ1) is 15.3. The van der Waals surface area contributed by atoms with E-state index in [1.54, 1.807) is 0 Å². The molecule has 2 amide bonds. The first-order valence-corrected chi connectivity index (χ1v) is 8.15. The molecule has 22 heavy (non-hydrogen) atoms. The number of hydrogen-bond acceptors (Lipinski definition) is 3. The maximum atomic E-state index is 12.1. The minimum atomic E-state index is -0.123. The summed E-state index contributed by atoms with van der Waals surface area (Å²) in [6, 6.07) is 9.04. The number of carbonyl (C=O) groups excluding carboxylic acids is 1. The summed E-state index contributed by atoms with van der Waals surface area (Å²) < 4.78 is 0. The predicted molar refractivity (Wildman–Crippen MR) is 85.3 cm³/mol. The van der Waals surface area contributed by atoms with Crippen molar-refractivity contribution in [2.24, 2.45) is 0 Å². The lowest BCUT2D eigenvalue weighted by molar-refractivity contribution is 0.233. The third-order valence-electron chi connectivity index (χ3n) is 4.70. The van der Waals surface area contributed by atoms with Crippen LogP contribution in [0.25, 0.3) is 0 Å². The van der Waals surface area contributed by atoms with Crippen molar-refractivity contribution in [1.29, 1.82) is 0 Å². The van der Waals surface area contributed by atoms with Gasteiger partial charge >= 0.3 is 6.03 Å². The van der Waals surface area contributed by atoms with Gasteiger partial charge in [-0.05, 0) is 37.3 Å². The molecule has 1 saturated heterocycles. The zero-order valence-corrected chi connectivity index (χ0v) is 13.1. The van der Waals surface area contributed by atoms with Crippen molar-refractivity contribution in [1.82, 2.24) is 15.5 Å². The molecule has 1 aliphatic carbocycles. The third-order valence-corrected chi connectivity index (χ3v) is 4.70. The van der Waals surface area contributed by atoms with Gasteiger partial charge in [0.15, 0.2) is 0 Å². The first-order valence-electron chi connectivity index (χ1n) is 8.15. The molecule has 120 valence electrons. The minimum Gasteiger partial charge on any atom is -0.392 e. The Morgan fingerprint density at radius 1 is 1.32 bits per heavy atom. The van der Waals surface area contributed by atoms with Crippen molar-refractivity contribution in [2.45, 2.75) is 57.5 Å². The lowest BCUT2D eigenvalue weighted by atomic mass is 10.1. The highest BCUT2D eigenvalue weighted by atomic mass is 16.3. The topological polar surface area (TPSA) is 64.6 Å². The quantitative estimate of drug-likeness (QED) is 0.774. The minimum absolute atomic E-state index is 0.00401. The van der Waals surface area contributed by atoms with Crippen molar-refractivity contribution >= 4 is 6.03 Å². The van der Waals surface area contributed by atoms with Crippen LogP contribution >= 0.6 is 0 Å². The van der Waals surface area contributed by atoms with Crippen molar-refractivity contribution in [3.8, 4) is 0 Å². The van der Waals surface area contributed by atoms with E-state index in [0.29, 0.717) is 12.6 Å². The van der Waals surface area contributed by atoms with Crippen LogP contribution in [0.4, 0.5) is 4.79 Å². The molecule has 3 N–H and O–H groups in total. The van der Waals surface area contributed by atoms with Crippen molar-refractivity contribution in [3.05, 3.63) is 35.4 Å². The Bertz CT molecular complexity index is 530. The molecule has 1 heterocycles. The van der Waals surface area contributed by atoms with Crippen LogP contribution in [0.2, 0.25) is 0 Å². The van der Waals surface area contributed by atoms with Crippen molar-refractivity contribution < 1.29 is 9.90 Å². The third kappa shape index (κ3) is 3.59. The van der Waals surface area contributed by atoms with Gasteiger partial charge < -0.3 is 15.7 Å². The zero-order chi connectivity index (χ0) is 15.5. The van der Waals surface area contributed by atoms with Crippen LogP contribution in [0.1, 0.15) is 37.3 Å². The number of carbonyl (C=O) groups is 1. The summed E-state index contributed by atoms with van der Waals surface area (Å²) in [5.74, 6) is 0. The maximum absolute atomic E-state index is 12.1. The first-order chi connectivity index (χ1) is 10.7. The molecule has 0 spiro atoms. The largest absolute Gasteiger partial charge is 0.392 e. The summed E-state index contributed by atoms with van der Waals surface area (Å²) >= 11 is 0. The number of aliphatic hydroxyl groups excluding tert-OH is 1. The van der Waals surface area contributed by atoms with E-state index in [-0.39, 0.29) is 18.7 Å². The van der Waals surface area contributed by atoms with Crippen molar-refractivity contribution in [2.75, 3.05) is 6.54 Å². The van der Waals surface area contributed by atoms with E-state index in [1.807, 2.05) is 24.3 Å². The summed E-state index contributed by atoms with van der Waals surface area (Å²) in [6.45, 7) is 3.65. The SMILES string of the molecule is CC1CC(NC(=O)NCc2ccccc2CO)CN1C1CC1. The molecule has 2 fully saturated rings. The van der Waals surface area contributed by atoms with Gasteiger partial charge in [-0.1, -0.05) is 24.3 Å². The van der Waals surface area contributed by atoms with Gasteiger partial charge in [-0.3, -0.25) is 4.90 Å². The summed E-state index contributed by atoms with van der Waals surface area (Å²) in [5, 5.41) is 15.3. The van der Waals surface area contributed by atoms with Gasteiger partial charge in [0.1, 0.15) is 0 Å². The van der Waals surface area contributed by atoms with Crippen LogP contribution in [-0.2, 0) is 13.2 Å². The Morgan fingerprint density at radius 2 is 2.05 bits per heavy atom. The molecule has 3 rings (SSSR count). The number of hydrogen-bond donors (Lipinski definition) is 3. The Hall–Kier alpha value is -1.59. The van der Waals surface area contributed by atoms with E-state index in [4.69, 9.17) is 0 Å². The molecular formula is C17H25N3O2. The van der Waals surface area contributed by atoms with Crippen LogP contribution in [-0.4, -0.2) is 40.7 Å². The molecule has 1 aromatic rings. The molecule has 0 bridgehead atoms. The standard InChI is InChI=1S/C17H25N3O2/c1-12-8-15(10-20(12)16-6-7-16)19-17(22)18-9-13-4-2-3-5-14(13)11-21/h2-5,12,15-16,21H,6-11H2,1H3,(H2,18,19,22). The highest BCUT2D eigenvalue weighted by molar-refractivity contribution is 5.74. The fourth-order valence-electron chi connectivity index (χ4n) is 3.37. The number of aliphatic hydroxyl groups is 1. The molecule has 5 nitrogen and oxygen atoms in total. The lowest BCUT2D eigenvalue weighted by Crippen LogP contribution is -2.43. The molecule has 1 aliphatic heterocycles. The number of benzene rings is 1. The lowest BCUT2D eigenvalue weighted by Gasteiger charge is -2.19. The molecule has 2 unspecified atom stereocenters. The van der Waals surface area contributed by atoms with E-state index < -0.39 is 0 Å². The number of nitrogens with zero attached hydrogens (tertiary/aromatic N) is 1. The zero-order valence-electron chi connectivity index (χ0n) is 13.1. The molecule has 5 heteroatoms. The fourth-order valence-corrected chi connectivity index (χ4v) is 3.37. The number of nitrogens with one attached hydrogen (secondary N) is 2. The normalized spacial score (nSPS) is 25.2. The van der Waals surface area contributed by atoms with E-state index >= 15 is 0 Å². The Labute approximate surface area is 131 Å². The second-order valence-electron chi connectivity index (χ2n) is 6.46. The molecule has 1 aromatic carbocycles. The number of likely N-dealkylation sites (tertiary alicyclic amines) is 1. The smallest absolute Gasteiger partial charge is 0.315 e. The van der Waals surface area contributed by atoms with E-state index in [0.717, 1.165) is 30.1 Å². The molecule has 1 saturated carbocycles. The molecule has 0 radical (unpaired) electrons. The van der Waals surface area contributed by atoms with Gasteiger partial charge in [-0.15, -0.1) is 0 Å². The van der Waals surface area contributed by atoms with E-state index in [1.165, 1.54) is 12.8 Å². The van der Waals surface area contributed by atoms with Crippen molar-refractivity contribution in [3.63, 3.8) is 0 Å². The van der Waals surface area contributed by atoms with E-state index in [2.05, 4.69) is 22.5 Å². The average molecular weight is 303 g/mol. The summed E-state index contributed by atoms with van der Waals surface area (Å²) in [5.41, 5.74) is 1.82. The van der Waals surface area contributed by atoms with E-state index in [9.17, 15) is 9.90 Å². The van der Waals surface area contributed by atoms with Crippen LogP contribution in [0.3, 0.4) is 0 Å². The second kappa shape index (κ2) is 6.67. The molecule has 0 aromatic heterocycles. The predicted octanol–water partition coefficient (Wildman–Crippen LogP) is 1.60. The number of rotatable bonds is 5. The summed E-state index contributed by atoms with van der Waals surface area (Å²) in [4.78, 5) is 14.6. The average Bonchev–Trinajstić information content (AvgIpc) is 3.29. The number of amides is 2. The van der Waals surface area contributed by atoms with Gasteiger partial charge in [-0.25, -0.2) is 4.79 Å². The van der Waals surface area contributed by atoms with Gasteiger partial charge in [-0.2, -0.15) is 0 Å².